The van der Waals surface area contributed by atoms with Gasteiger partial charge in [-0.2, -0.15) is 0 Å². The van der Waals surface area contributed by atoms with E-state index in [0.717, 1.165) is 16.5 Å². The van der Waals surface area contributed by atoms with Crippen LogP contribution < -0.4 is 4.72 Å². The molecule has 0 aliphatic carbocycles. The normalized spacial score (nSPS) is 12.1. The standard InChI is InChI=1S/C27H26ClN3O3S/c28-24-10-6-21(7-11-24)3-2-17-31(20-22-8-12-25(32)13-9-22)18-16-30-35(33,34)27-5-1-4-23-19-29-15-14-26(23)27/h1-15,19,30,32H,16-18,20H2. The zero-order valence-corrected chi connectivity index (χ0v) is 20.6. The van der Waals surface area contributed by atoms with Gasteiger partial charge in [0.15, 0.2) is 0 Å². The predicted molar refractivity (Wildman–Crippen MR) is 141 cm³/mol. The van der Waals surface area contributed by atoms with Gasteiger partial charge in [-0.25, -0.2) is 13.1 Å². The number of hydrogen-bond acceptors (Lipinski definition) is 5. The molecule has 0 amide bonds. The molecule has 0 saturated heterocycles. The number of hydrogen-bond donors (Lipinski definition) is 2. The van der Waals surface area contributed by atoms with Crippen LogP contribution in [-0.4, -0.2) is 43.0 Å². The number of phenols is 1. The molecule has 8 heteroatoms. The van der Waals surface area contributed by atoms with Crippen molar-refractivity contribution in [2.45, 2.75) is 11.4 Å². The summed E-state index contributed by atoms with van der Waals surface area (Å²) in [5.41, 5.74) is 2.05. The molecule has 35 heavy (non-hydrogen) atoms. The summed E-state index contributed by atoms with van der Waals surface area (Å²) in [5, 5.41) is 11.7. The lowest BCUT2D eigenvalue weighted by atomic mass is 10.2. The van der Waals surface area contributed by atoms with Crippen molar-refractivity contribution in [2.24, 2.45) is 0 Å². The van der Waals surface area contributed by atoms with Gasteiger partial charge < -0.3 is 5.11 Å². The Morgan fingerprint density at radius 1 is 1.00 bits per heavy atom. The first-order chi connectivity index (χ1) is 16.9. The molecule has 0 bridgehead atoms. The number of benzene rings is 3. The summed E-state index contributed by atoms with van der Waals surface area (Å²) in [4.78, 5) is 6.44. The average Bonchev–Trinajstić information content (AvgIpc) is 2.86. The maximum absolute atomic E-state index is 13.0. The van der Waals surface area contributed by atoms with Gasteiger partial charge in [0, 0.05) is 54.4 Å². The van der Waals surface area contributed by atoms with Crippen LogP contribution >= 0.6 is 11.6 Å². The average molecular weight is 508 g/mol. The third-order valence-electron chi connectivity index (χ3n) is 5.54. The first-order valence-corrected chi connectivity index (χ1v) is 13.0. The van der Waals surface area contributed by atoms with Gasteiger partial charge in [0.05, 0.1) is 4.90 Å². The third kappa shape index (κ3) is 6.90. The number of rotatable bonds is 10. The largest absolute Gasteiger partial charge is 0.508 e. The molecule has 0 unspecified atom stereocenters. The van der Waals surface area contributed by atoms with Crippen molar-refractivity contribution < 1.29 is 13.5 Å². The molecular weight excluding hydrogens is 482 g/mol. The molecule has 0 radical (unpaired) electrons. The van der Waals surface area contributed by atoms with E-state index in [2.05, 4.69) is 14.6 Å². The summed E-state index contributed by atoms with van der Waals surface area (Å²) in [5.74, 6) is 0.209. The summed E-state index contributed by atoms with van der Waals surface area (Å²) in [7, 11) is -3.70. The van der Waals surface area contributed by atoms with Crippen LogP contribution in [0.25, 0.3) is 16.8 Å². The van der Waals surface area contributed by atoms with Crippen molar-refractivity contribution in [3.05, 3.63) is 107 Å². The molecule has 6 nitrogen and oxygen atoms in total. The number of pyridine rings is 1. The smallest absolute Gasteiger partial charge is 0.241 e. The molecule has 1 heterocycles. The molecule has 4 aromatic rings. The molecule has 1 aromatic heterocycles. The van der Waals surface area contributed by atoms with Crippen molar-refractivity contribution in [3.8, 4) is 5.75 Å². The van der Waals surface area contributed by atoms with E-state index in [9.17, 15) is 13.5 Å². The number of sulfonamides is 1. The predicted octanol–water partition coefficient (Wildman–Crippen LogP) is 5.09. The van der Waals surface area contributed by atoms with Crippen molar-refractivity contribution >= 4 is 38.5 Å². The Hall–Kier alpha value is -3.23. The van der Waals surface area contributed by atoms with Crippen molar-refractivity contribution in [1.29, 1.82) is 0 Å². The number of aromatic hydroxyl groups is 1. The summed E-state index contributed by atoms with van der Waals surface area (Å²) in [6.07, 6.45) is 7.29. The minimum Gasteiger partial charge on any atom is -0.508 e. The number of phenolic OH excluding ortho intramolecular Hbond substituents is 1. The summed E-state index contributed by atoms with van der Waals surface area (Å²) >= 11 is 5.96. The van der Waals surface area contributed by atoms with E-state index in [0.29, 0.717) is 30.0 Å². The molecule has 3 aromatic carbocycles. The molecule has 0 atom stereocenters. The quantitative estimate of drug-likeness (QED) is 0.312. The van der Waals surface area contributed by atoms with Crippen molar-refractivity contribution in [1.82, 2.24) is 14.6 Å². The summed E-state index contributed by atoms with van der Waals surface area (Å²) in [6.45, 7) is 1.96. The zero-order valence-electron chi connectivity index (χ0n) is 19.0. The van der Waals surface area contributed by atoms with Gasteiger partial charge in [-0.15, -0.1) is 0 Å². The van der Waals surface area contributed by atoms with Gasteiger partial charge >= 0.3 is 0 Å². The van der Waals surface area contributed by atoms with Crippen LogP contribution in [0.1, 0.15) is 11.1 Å². The first kappa shape index (κ1) is 24.9. The second-order valence-electron chi connectivity index (χ2n) is 8.11. The SMILES string of the molecule is O=S(=O)(NCCN(CC=Cc1ccc(Cl)cc1)Cc1ccc(O)cc1)c1cccc2cnccc12. The second kappa shape index (κ2) is 11.5. The van der Waals surface area contributed by atoms with E-state index < -0.39 is 10.0 Å². The Morgan fingerprint density at radius 3 is 2.54 bits per heavy atom. The fourth-order valence-electron chi connectivity index (χ4n) is 3.75. The van der Waals surface area contributed by atoms with Crippen LogP contribution in [-0.2, 0) is 16.6 Å². The Balaban J connectivity index is 1.44. The highest BCUT2D eigenvalue weighted by Crippen LogP contribution is 2.21. The topological polar surface area (TPSA) is 82.5 Å². The molecule has 0 aliphatic rings. The molecule has 0 aliphatic heterocycles. The molecule has 0 spiro atoms. The van der Waals surface area contributed by atoms with E-state index in [1.54, 1.807) is 42.7 Å². The van der Waals surface area contributed by atoms with Gasteiger partial charge in [-0.3, -0.25) is 9.88 Å². The number of nitrogens with zero attached hydrogens (tertiary/aromatic N) is 2. The Labute approximate surface area is 210 Å². The fraction of sp³-hybridized carbons (Fsp3) is 0.148. The highest BCUT2D eigenvalue weighted by atomic mass is 35.5. The Bertz CT molecular complexity index is 1400. The number of fused-ring (bicyclic) bond motifs is 1. The zero-order chi connectivity index (χ0) is 24.7. The molecule has 0 saturated carbocycles. The van der Waals surface area contributed by atoms with E-state index in [1.165, 1.54) is 0 Å². The molecule has 4 rings (SSSR count). The Kier molecular flexibility index (Phi) is 8.15. The van der Waals surface area contributed by atoms with Crippen LogP contribution in [0, 0.1) is 0 Å². The van der Waals surface area contributed by atoms with Crippen LogP contribution in [0.4, 0.5) is 0 Å². The van der Waals surface area contributed by atoms with Gasteiger partial charge in [0.2, 0.25) is 10.0 Å². The van der Waals surface area contributed by atoms with Gasteiger partial charge in [0.1, 0.15) is 5.75 Å². The highest BCUT2D eigenvalue weighted by molar-refractivity contribution is 7.89. The van der Waals surface area contributed by atoms with Crippen molar-refractivity contribution in [3.63, 3.8) is 0 Å². The maximum Gasteiger partial charge on any atom is 0.241 e. The monoisotopic (exact) mass is 507 g/mol. The number of nitrogens with one attached hydrogen (secondary N) is 1. The van der Waals surface area contributed by atoms with Crippen LogP contribution in [0.15, 0.2) is 96.2 Å². The lowest BCUT2D eigenvalue weighted by Gasteiger charge is -2.21. The molecule has 2 N–H and O–H groups in total. The minimum absolute atomic E-state index is 0.209. The van der Waals surface area contributed by atoms with E-state index >= 15 is 0 Å². The van der Waals surface area contributed by atoms with Gasteiger partial charge in [-0.05, 0) is 47.5 Å². The first-order valence-electron chi connectivity index (χ1n) is 11.2. The third-order valence-corrected chi connectivity index (χ3v) is 7.31. The molecule has 0 fully saturated rings. The minimum atomic E-state index is -3.70. The van der Waals surface area contributed by atoms with Crippen LogP contribution in [0.3, 0.4) is 0 Å². The number of aromatic nitrogens is 1. The Morgan fingerprint density at radius 2 is 1.77 bits per heavy atom. The summed E-state index contributed by atoms with van der Waals surface area (Å²) < 4.78 is 28.8. The second-order valence-corrected chi connectivity index (χ2v) is 10.3. The van der Waals surface area contributed by atoms with Gasteiger partial charge in [0.25, 0.3) is 0 Å². The maximum atomic E-state index is 13.0. The van der Waals surface area contributed by atoms with Crippen LogP contribution in [0.2, 0.25) is 5.02 Å². The fourth-order valence-corrected chi connectivity index (χ4v) is 5.12. The van der Waals surface area contributed by atoms with Gasteiger partial charge in [-0.1, -0.05) is 60.2 Å². The lowest BCUT2D eigenvalue weighted by Crippen LogP contribution is -2.35. The van der Waals surface area contributed by atoms with E-state index in [-0.39, 0.29) is 17.2 Å². The van der Waals surface area contributed by atoms with E-state index in [1.807, 2.05) is 54.6 Å². The highest BCUT2D eigenvalue weighted by Gasteiger charge is 2.17. The van der Waals surface area contributed by atoms with E-state index in [4.69, 9.17) is 11.6 Å². The lowest BCUT2D eigenvalue weighted by molar-refractivity contribution is 0.299. The molecule has 180 valence electrons. The van der Waals surface area contributed by atoms with Crippen LogP contribution in [0.5, 0.6) is 5.75 Å². The summed E-state index contributed by atoms with van der Waals surface area (Å²) in [6, 6.07) is 21.5. The van der Waals surface area contributed by atoms with Crippen molar-refractivity contribution in [2.75, 3.05) is 19.6 Å². The number of halogens is 1. The molecular formula is C27H26ClN3O3S.